The van der Waals surface area contributed by atoms with Crippen LogP contribution in [0.5, 0.6) is 0 Å². The van der Waals surface area contributed by atoms with Crippen molar-refractivity contribution in [1.29, 1.82) is 0 Å². The van der Waals surface area contributed by atoms with E-state index in [-0.39, 0.29) is 17.1 Å². The summed E-state index contributed by atoms with van der Waals surface area (Å²) in [5.74, 6) is 0. The van der Waals surface area contributed by atoms with Gasteiger partial charge < -0.3 is 4.74 Å². The van der Waals surface area contributed by atoms with Gasteiger partial charge >= 0.3 is 17.1 Å². The molecule has 137 valence electrons. The molecule has 1 radical (unpaired) electrons. The van der Waals surface area contributed by atoms with Gasteiger partial charge in [-0.1, -0.05) is 71.0 Å². The molecule has 0 aliphatic rings. The monoisotopic (exact) mass is 411 g/mol. The van der Waals surface area contributed by atoms with E-state index in [9.17, 15) is 0 Å². The summed E-state index contributed by atoms with van der Waals surface area (Å²) in [4.78, 5) is 0. The van der Waals surface area contributed by atoms with Crippen LogP contribution in [-0.2, 0) is 28.4 Å². The Balaban J connectivity index is 0.000000379. The van der Waals surface area contributed by atoms with Gasteiger partial charge in [0.1, 0.15) is 8.80 Å². The number of hydrogen-bond donors (Lipinski definition) is 0. The van der Waals surface area contributed by atoms with Gasteiger partial charge in [-0.3, -0.25) is 0 Å². The molecule has 0 unspecified atom stereocenters. The van der Waals surface area contributed by atoms with E-state index >= 15 is 0 Å². The summed E-state index contributed by atoms with van der Waals surface area (Å²) in [6.07, 6.45) is 0.796. The first-order valence-corrected chi connectivity index (χ1v) is 10.6. The van der Waals surface area contributed by atoms with Crippen molar-refractivity contribution in [3.05, 3.63) is 121 Å². The van der Waals surface area contributed by atoms with Crippen molar-refractivity contribution in [3.63, 3.8) is 0 Å². The normalized spacial score (nSPS) is 9.96. The van der Waals surface area contributed by atoms with Crippen LogP contribution in [0.3, 0.4) is 0 Å². The van der Waals surface area contributed by atoms with Crippen molar-refractivity contribution in [2.45, 2.75) is 6.61 Å². The maximum Gasteiger partial charge on any atom is 2.00 e. The zero-order chi connectivity index (χ0) is 17.9. The molecule has 0 spiro atoms. The maximum absolute atomic E-state index is 5.99. The van der Waals surface area contributed by atoms with Crippen LogP contribution in [0.15, 0.2) is 115 Å². The van der Waals surface area contributed by atoms with E-state index in [0.717, 1.165) is 6.23 Å². The van der Waals surface area contributed by atoms with E-state index in [1.807, 2.05) is 30.3 Å². The summed E-state index contributed by atoms with van der Waals surface area (Å²) >= 11 is 0. The van der Waals surface area contributed by atoms with Gasteiger partial charge in [-0.2, -0.15) is 30.3 Å². The van der Waals surface area contributed by atoms with E-state index in [1.165, 1.54) is 15.9 Å². The van der Waals surface area contributed by atoms with Crippen LogP contribution < -0.4 is 10.4 Å². The van der Waals surface area contributed by atoms with Crippen molar-refractivity contribution in [1.82, 2.24) is 0 Å². The first-order chi connectivity index (χ1) is 12.9. The van der Waals surface area contributed by atoms with Gasteiger partial charge in [-0.15, -0.1) is 5.56 Å². The van der Waals surface area contributed by atoms with Gasteiger partial charge in [-0.25, -0.2) is 24.3 Å². The molecule has 0 amide bonds. The molecule has 0 fully saturated rings. The van der Waals surface area contributed by atoms with Gasteiger partial charge in [0.25, 0.3) is 0 Å². The minimum absolute atomic E-state index is 0. The molecule has 0 saturated carbocycles. The molecule has 27 heavy (non-hydrogen) atoms. The second kappa shape index (κ2) is 12.3. The molecular formula is C24H23FeOSi. The average Bonchev–Trinajstić information content (AvgIpc) is 3.43. The minimum Gasteiger partial charge on any atom is -0.392 e. The average molecular weight is 411 g/mol. The van der Waals surface area contributed by atoms with Crippen molar-refractivity contribution < 1.29 is 21.8 Å². The van der Waals surface area contributed by atoms with Crippen LogP contribution in [0, 0.1) is 0 Å². The molecular weight excluding hydrogens is 388 g/mol. The zero-order valence-electron chi connectivity index (χ0n) is 15.1. The number of rotatable bonds is 6. The van der Waals surface area contributed by atoms with Crippen molar-refractivity contribution in [2.75, 3.05) is 6.23 Å². The third-order valence-electron chi connectivity index (χ3n) is 4.05. The molecule has 0 atom stereocenters. The number of ether oxygens (including phenoxy) is 1. The molecule has 0 aliphatic heterocycles. The predicted molar refractivity (Wildman–Crippen MR) is 112 cm³/mol. The van der Waals surface area contributed by atoms with E-state index in [4.69, 9.17) is 4.74 Å². The molecule has 0 heterocycles. The predicted octanol–water partition coefficient (Wildman–Crippen LogP) is 4.17. The van der Waals surface area contributed by atoms with Gasteiger partial charge in [0.2, 0.25) is 0 Å². The van der Waals surface area contributed by atoms with E-state index < -0.39 is 8.80 Å². The standard InChI is InChI=1S/C19H18OSi.C5H5.Fe/c1-3-11-18(12-4-1)21(19-13-5-2-6-14-19)16-20-15-17-9-7-8-10-17;1-2-4-5-3-1;/h1-14H,15-16H2;1-5H;/q2*-1;+2. The third-order valence-corrected chi connectivity index (χ3v) is 6.60. The summed E-state index contributed by atoms with van der Waals surface area (Å²) in [5.41, 5.74) is 1.25. The first kappa shape index (κ1) is 21.1. The second-order valence-electron chi connectivity index (χ2n) is 5.96. The van der Waals surface area contributed by atoms with Crippen LogP contribution >= 0.6 is 0 Å². The van der Waals surface area contributed by atoms with Crippen molar-refractivity contribution in [3.8, 4) is 0 Å². The minimum atomic E-state index is -0.875. The van der Waals surface area contributed by atoms with Crippen LogP contribution in [-0.4, -0.2) is 15.0 Å². The molecule has 1 nitrogen and oxygen atoms in total. The fourth-order valence-corrected chi connectivity index (χ4v) is 4.88. The van der Waals surface area contributed by atoms with E-state index in [1.54, 1.807) is 0 Å². The molecule has 4 rings (SSSR count). The smallest absolute Gasteiger partial charge is 0.392 e. The molecule has 0 bridgehead atoms. The summed E-state index contributed by atoms with van der Waals surface area (Å²) in [5, 5.41) is 2.80. The van der Waals surface area contributed by atoms with Gasteiger partial charge in [0, 0.05) is 12.8 Å². The quantitative estimate of drug-likeness (QED) is 0.342. The molecule has 0 aliphatic carbocycles. The van der Waals surface area contributed by atoms with Crippen LogP contribution in [0.4, 0.5) is 0 Å². The summed E-state index contributed by atoms with van der Waals surface area (Å²) in [6, 6.07) is 39.8. The van der Waals surface area contributed by atoms with E-state index in [0.29, 0.717) is 6.61 Å². The van der Waals surface area contributed by atoms with E-state index in [2.05, 4.69) is 84.9 Å². The molecule has 0 saturated heterocycles. The number of benzene rings is 2. The molecule has 0 aromatic heterocycles. The fraction of sp³-hybridized carbons (Fsp3) is 0.0833. The third kappa shape index (κ3) is 7.16. The van der Waals surface area contributed by atoms with Gasteiger partial charge in [0.05, 0.1) is 0 Å². The van der Waals surface area contributed by atoms with Crippen molar-refractivity contribution >= 4 is 19.2 Å². The molecule has 4 aromatic carbocycles. The molecule has 0 N–H and O–H groups in total. The zero-order valence-corrected chi connectivity index (χ0v) is 17.2. The summed E-state index contributed by atoms with van der Waals surface area (Å²) < 4.78 is 5.99. The Morgan fingerprint density at radius 1 is 0.704 bits per heavy atom. The summed E-state index contributed by atoms with van der Waals surface area (Å²) in [7, 11) is -0.875. The van der Waals surface area contributed by atoms with Crippen LogP contribution in [0.2, 0.25) is 0 Å². The molecule has 4 aromatic rings. The largest absolute Gasteiger partial charge is 2.00 e. The SMILES string of the molecule is [Fe+2].c1cc[cH-]c1.c1ccc([Si](COC[c-]2cccc2)c2ccccc2)cc1. The molecule has 3 heteroatoms. The van der Waals surface area contributed by atoms with Crippen LogP contribution in [0.25, 0.3) is 0 Å². The second-order valence-corrected chi connectivity index (χ2v) is 8.36. The van der Waals surface area contributed by atoms with Crippen molar-refractivity contribution in [2.24, 2.45) is 0 Å². The Kier molecular flexibility index (Phi) is 9.60. The Morgan fingerprint density at radius 3 is 1.67 bits per heavy atom. The fourth-order valence-electron chi connectivity index (χ4n) is 2.71. The Bertz CT molecular complexity index is 755. The van der Waals surface area contributed by atoms with Gasteiger partial charge in [0.15, 0.2) is 0 Å². The maximum atomic E-state index is 5.99. The Morgan fingerprint density at radius 2 is 1.22 bits per heavy atom. The first-order valence-electron chi connectivity index (χ1n) is 8.85. The number of hydrogen-bond acceptors (Lipinski definition) is 1. The van der Waals surface area contributed by atoms with Crippen LogP contribution in [0.1, 0.15) is 5.56 Å². The summed E-state index contributed by atoms with van der Waals surface area (Å²) in [6.45, 7) is 0.695. The van der Waals surface area contributed by atoms with Gasteiger partial charge in [-0.05, 0) is 0 Å². The Labute approximate surface area is 174 Å². The Hall–Kier alpha value is -2.16. The topological polar surface area (TPSA) is 9.23 Å².